The van der Waals surface area contributed by atoms with Gasteiger partial charge in [-0.25, -0.2) is 0 Å². The first-order valence-corrected chi connectivity index (χ1v) is 5.64. The molecule has 0 radical (unpaired) electrons. The van der Waals surface area contributed by atoms with E-state index in [4.69, 9.17) is 4.74 Å². The maximum absolute atomic E-state index is 5.45. The molecule has 1 saturated carbocycles. The van der Waals surface area contributed by atoms with Crippen molar-refractivity contribution < 1.29 is 4.74 Å². The molecule has 0 spiro atoms. The van der Waals surface area contributed by atoms with E-state index in [2.05, 4.69) is 12.4 Å². The molecule has 0 aromatic rings. The molecule has 2 rings (SSSR count). The van der Waals surface area contributed by atoms with Gasteiger partial charge in [-0.15, -0.1) is 0 Å². The van der Waals surface area contributed by atoms with E-state index in [0.29, 0.717) is 5.54 Å². The van der Waals surface area contributed by atoms with Gasteiger partial charge >= 0.3 is 0 Å². The highest BCUT2D eigenvalue weighted by Gasteiger charge is 2.39. The molecule has 0 aromatic heterocycles. The molecule has 0 atom stereocenters. The predicted molar refractivity (Wildman–Crippen MR) is 53.8 cm³/mol. The number of hydrogen-bond acceptors (Lipinski definition) is 2. The third-order valence-corrected chi connectivity index (χ3v) is 4.02. The predicted octanol–water partition coefficient (Wildman–Crippen LogP) is 1.95. The molecule has 2 nitrogen and oxygen atoms in total. The summed E-state index contributed by atoms with van der Waals surface area (Å²) in [6.07, 6.45) is 8.17. The third-order valence-electron chi connectivity index (χ3n) is 4.02. The third kappa shape index (κ3) is 1.75. The van der Waals surface area contributed by atoms with Crippen molar-refractivity contribution in [3.63, 3.8) is 0 Å². The lowest BCUT2D eigenvalue weighted by Crippen LogP contribution is -2.52. The fourth-order valence-electron chi connectivity index (χ4n) is 3.08. The van der Waals surface area contributed by atoms with Crippen LogP contribution < -0.4 is 5.32 Å². The fourth-order valence-corrected chi connectivity index (χ4v) is 3.08. The Bertz CT molecular complexity index is 157. The Labute approximate surface area is 81.0 Å². The summed E-state index contributed by atoms with van der Waals surface area (Å²) >= 11 is 0. The minimum atomic E-state index is 0.425. The Hall–Kier alpha value is -0.0800. The molecule has 1 aliphatic carbocycles. The van der Waals surface area contributed by atoms with Crippen molar-refractivity contribution in [2.24, 2.45) is 5.92 Å². The Morgan fingerprint density at radius 3 is 2.31 bits per heavy atom. The van der Waals surface area contributed by atoms with E-state index in [1.54, 1.807) is 0 Å². The molecule has 2 heteroatoms. The highest BCUT2D eigenvalue weighted by Crippen LogP contribution is 2.39. The largest absolute Gasteiger partial charge is 0.381 e. The zero-order valence-electron chi connectivity index (χ0n) is 8.64. The van der Waals surface area contributed by atoms with Crippen LogP contribution in [0.2, 0.25) is 0 Å². The quantitative estimate of drug-likeness (QED) is 0.706. The van der Waals surface area contributed by atoms with Gasteiger partial charge in [0.05, 0.1) is 0 Å². The van der Waals surface area contributed by atoms with E-state index in [-0.39, 0.29) is 0 Å². The lowest BCUT2D eigenvalue weighted by atomic mass is 9.77. The van der Waals surface area contributed by atoms with Crippen molar-refractivity contribution in [2.45, 2.75) is 44.1 Å². The zero-order chi connectivity index (χ0) is 9.15. The molecule has 2 fully saturated rings. The van der Waals surface area contributed by atoms with Crippen molar-refractivity contribution in [1.29, 1.82) is 0 Å². The van der Waals surface area contributed by atoms with Crippen molar-refractivity contribution in [2.75, 3.05) is 20.3 Å². The molecule has 0 bridgehead atoms. The first-order valence-electron chi connectivity index (χ1n) is 5.64. The summed E-state index contributed by atoms with van der Waals surface area (Å²) in [5.74, 6) is 0.918. The second-order valence-electron chi connectivity index (χ2n) is 4.50. The number of ether oxygens (including phenoxy) is 1. The van der Waals surface area contributed by atoms with Crippen molar-refractivity contribution in [3.8, 4) is 0 Å². The van der Waals surface area contributed by atoms with Gasteiger partial charge in [0, 0.05) is 18.8 Å². The van der Waals surface area contributed by atoms with Crippen LogP contribution in [0.4, 0.5) is 0 Å². The van der Waals surface area contributed by atoms with Crippen LogP contribution in [0.15, 0.2) is 0 Å². The summed E-state index contributed by atoms with van der Waals surface area (Å²) in [6.45, 7) is 1.91. The number of rotatable bonds is 2. The molecule has 2 aliphatic rings. The van der Waals surface area contributed by atoms with Crippen molar-refractivity contribution >= 4 is 0 Å². The van der Waals surface area contributed by atoms with Crippen LogP contribution in [0.25, 0.3) is 0 Å². The van der Waals surface area contributed by atoms with E-state index < -0.39 is 0 Å². The molecular weight excluding hydrogens is 162 g/mol. The average molecular weight is 183 g/mol. The minimum Gasteiger partial charge on any atom is -0.381 e. The van der Waals surface area contributed by atoms with Gasteiger partial charge in [-0.05, 0) is 38.6 Å². The van der Waals surface area contributed by atoms with Crippen LogP contribution in [0.3, 0.4) is 0 Å². The Kier molecular flexibility index (Phi) is 2.89. The molecule has 0 aromatic carbocycles. The monoisotopic (exact) mass is 183 g/mol. The number of hydrogen-bond donors (Lipinski definition) is 1. The molecule has 1 N–H and O–H groups in total. The topological polar surface area (TPSA) is 21.3 Å². The molecule has 13 heavy (non-hydrogen) atoms. The summed E-state index contributed by atoms with van der Waals surface area (Å²) in [6, 6.07) is 0. The van der Waals surface area contributed by atoms with E-state index in [0.717, 1.165) is 19.1 Å². The smallest absolute Gasteiger partial charge is 0.0483 e. The summed E-state index contributed by atoms with van der Waals surface area (Å²) in [7, 11) is 2.13. The average Bonchev–Trinajstić information content (AvgIpc) is 2.72. The van der Waals surface area contributed by atoms with Crippen LogP contribution in [0.5, 0.6) is 0 Å². The minimum absolute atomic E-state index is 0.425. The summed E-state index contributed by atoms with van der Waals surface area (Å²) in [5, 5.41) is 3.58. The molecule has 1 aliphatic heterocycles. The second kappa shape index (κ2) is 3.97. The highest BCUT2D eigenvalue weighted by molar-refractivity contribution is 4.96. The maximum atomic E-state index is 5.45. The first-order chi connectivity index (χ1) is 6.37. The molecular formula is C11H21NO. The van der Waals surface area contributed by atoms with Crippen LogP contribution in [-0.2, 0) is 4.74 Å². The fraction of sp³-hybridized carbons (Fsp3) is 1.00. The molecule has 0 amide bonds. The highest BCUT2D eigenvalue weighted by atomic mass is 16.5. The lowest BCUT2D eigenvalue weighted by Gasteiger charge is -2.42. The van der Waals surface area contributed by atoms with Gasteiger partial charge in [-0.2, -0.15) is 0 Å². The van der Waals surface area contributed by atoms with Crippen LogP contribution in [0.1, 0.15) is 38.5 Å². The SMILES string of the molecule is CNC1(C2CCCC2)CCOCC1. The van der Waals surface area contributed by atoms with Crippen molar-refractivity contribution in [3.05, 3.63) is 0 Å². The zero-order valence-corrected chi connectivity index (χ0v) is 8.64. The number of nitrogens with one attached hydrogen (secondary N) is 1. The van der Waals surface area contributed by atoms with Gasteiger partial charge in [0.1, 0.15) is 0 Å². The van der Waals surface area contributed by atoms with Gasteiger partial charge in [0.15, 0.2) is 0 Å². The second-order valence-corrected chi connectivity index (χ2v) is 4.50. The van der Waals surface area contributed by atoms with Gasteiger partial charge < -0.3 is 10.1 Å². The van der Waals surface area contributed by atoms with E-state index in [1.165, 1.54) is 38.5 Å². The van der Waals surface area contributed by atoms with Crippen LogP contribution in [-0.4, -0.2) is 25.8 Å². The molecule has 76 valence electrons. The van der Waals surface area contributed by atoms with Gasteiger partial charge in [-0.1, -0.05) is 12.8 Å². The Balaban J connectivity index is 2.03. The van der Waals surface area contributed by atoms with Crippen LogP contribution >= 0.6 is 0 Å². The van der Waals surface area contributed by atoms with E-state index in [1.807, 2.05) is 0 Å². The van der Waals surface area contributed by atoms with Gasteiger partial charge in [0.25, 0.3) is 0 Å². The summed E-state index contributed by atoms with van der Waals surface area (Å²) in [5.41, 5.74) is 0.425. The standard InChI is InChI=1S/C11H21NO/c1-12-11(6-8-13-9-7-11)10-4-2-3-5-10/h10,12H,2-9H2,1H3. The molecule has 0 unspecified atom stereocenters. The summed E-state index contributed by atoms with van der Waals surface area (Å²) < 4.78 is 5.45. The molecule has 1 heterocycles. The van der Waals surface area contributed by atoms with Crippen molar-refractivity contribution in [1.82, 2.24) is 5.32 Å². The summed E-state index contributed by atoms with van der Waals surface area (Å²) in [4.78, 5) is 0. The Morgan fingerprint density at radius 2 is 1.77 bits per heavy atom. The Morgan fingerprint density at radius 1 is 1.15 bits per heavy atom. The lowest BCUT2D eigenvalue weighted by molar-refractivity contribution is 0.0162. The van der Waals surface area contributed by atoms with Gasteiger partial charge in [-0.3, -0.25) is 0 Å². The maximum Gasteiger partial charge on any atom is 0.0483 e. The van der Waals surface area contributed by atoms with Crippen LogP contribution in [0, 0.1) is 5.92 Å². The van der Waals surface area contributed by atoms with E-state index >= 15 is 0 Å². The normalized spacial score (nSPS) is 29.3. The first kappa shape index (κ1) is 9.47. The van der Waals surface area contributed by atoms with Gasteiger partial charge in [0.2, 0.25) is 0 Å². The van der Waals surface area contributed by atoms with E-state index in [9.17, 15) is 0 Å². The molecule has 1 saturated heterocycles.